The summed E-state index contributed by atoms with van der Waals surface area (Å²) >= 11 is 3.41. The normalized spacial score (nSPS) is 20.3. The van der Waals surface area contributed by atoms with Gasteiger partial charge < -0.3 is 15.2 Å². The van der Waals surface area contributed by atoms with E-state index in [1.165, 1.54) is 0 Å². The molecule has 0 saturated carbocycles. The molecule has 1 aliphatic carbocycles. The van der Waals surface area contributed by atoms with Crippen molar-refractivity contribution in [3.63, 3.8) is 0 Å². The standard InChI is InChI=1S/C10H14BrN3O/c1-4-15-10-6-8(13-12)7(11)5-9(10)14(2)3/h5-7H,4H2,1-3H3. The van der Waals surface area contributed by atoms with Gasteiger partial charge in [-0.2, -0.15) is 4.79 Å². The third kappa shape index (κ3) is 2.70. The predicted octanol–water partition coefficient (Wildman–Crippen LogP) is 1.80. The van der Waals surface area contributed by atoms with Crippen LogP contribution in [0, 0.1) is 0 Å². The van der Waals surface area contributed by atoms with E-state index < -0.39 is 0 Å². The summed E-state index contributed by atoms with van der Waals surface area (Å²) in [5.74, 6) is 0.728. The highest BCUT2D eigenvalue weighted by molar-refractivity contribution is 9.10. The van der Waals surface area contributed by atoms with Crippen LogP contribution in [0.2, 0.25) is 0 Å². The van der Waals surface area contributed by atoms with E-state index >= 15 is 0 Å². The van der Waals surface area contributed by atoms with Crippen molar-refractivity contribution < 1.29 is 9.53 Å². The largest absolute Gasteiger partial charge is 0.491 e. The predicted molar refractivity (Wildman–Crippen MR) is 62.8 cm³/mol. The first-order chi connectivity index (χ1) is 7.10. The van der Waals surface area contributed by atoms with Crippen molar-refractivity contribution >= 4 is 21.6 Å². The quantitative estimate of drug-likeness (QED) is 0.447. The van der Waals surface area contributed by atoms with Crippen LogP contribution in [0.3, 0.4) is 0 Å². The lowest BCUT2D eigenvalue weighted by molar-refractivity contribution is -0.00533. The van der Waals surface area contributed by atoms with E-state index in [1.807, 2.05) is 32.0 Å². The zero-order chi connectivity index (χ0) is 11.4. The van der Waals surface area contributed by atoms with Gasteiger partial charge in [0.1, 0.15) is 10.6 Å². The summed E-state index contributed by atoms with van der Waals surface area (Å²) in [5, 5.41) is 0. The molecule has 0 aromatic carbocycles. The van der Waals surface area contributed by atoms with E-state index in [2.05, 4.69) is 20.7 Å². The molecule has 1 aliphatic rings. The van der Waals surface area contributed by atoms with Crippen molar-refractivity contribution in [2.45, 2.75) is 11.8 Å². The molecule has 0 bridgehead atoms. The van der Waals surface area contributed by atoms with Gasteiger partial charge in [0.15, 0.2) is 0 Å². The second-order valence-electron chi connectivity index (χ2n) is 3.31. The van der Waals surface area contributed by atoms with Gasteiger partial charge in [-0.3, -0.25) is 0 Å². The van der Waals surface area contributed by atoms with E-state index in [1.54, 1.807) is 6.08 Å². The van der Waals surface area contributed by atoms with Gasteiger partial charge in [0.2, 0.25) is 0 Å². The Labute approximate surface area is 98.0 Å². The fourth-order valence-corrected chi connectivity index (χ4v) is 1.79. The molecule has 0 aliphatic heterocycles. The molecule has 4 nitrogen and oxygen atoms in total. The Kier molecular flexibility index (Phi) is 4.12. The van der Waals surface area contributed by atoms with Gasteiger partial charge >= 0.3 is 5.71 Å². The first-order valence-electron chi connectivity index (χ1n) is 4.70. The number of allylic oxidation sites excluding steroid dienone is 2. The summed E-state index contributed by atoms with van der Waals surface area (Å²) in [6, 6.07) is 0. The first-order valence-corrected chi connectivity index (χ1v) is 5.61. The van der Waals surface area contributed by atoms with E-state index in [-0.39, 0.29) is 4.83 Å². The minimum absolute atomic E-state index is 0.0795. The summed E-state index contributed by atoms with van der Waals surface area (Å²) in [6.07, 6.45) is 3.68. The summed E-state index contributed by atoms with van der Waals surface area (Å²) in [5.41, 5.74) is 10.3. The van der Waals surface area contributed by atoms with Gasteiger partial charge in [-0.05, 0) is 13.0 Å². The van der Waals surface area contributed by atoms with Crippen molar-refractivity contribution in [1.29, 1.82) is 0 Å². The highest BCUT2D eigenvalue weighted by Crippen LogP contribution is 2.23. The number of hydrogen-bond acceptors (Lipinski definition) is 2. The van der Waals surface area contributed by atoms with Crippen LogP contribution in [-0.4, -0.2) is 40.9 Å². The van der Waals surface area contributed by atoms with Crippen molar-refractivity contribution in [3.05, 3.63) is 29.1 Å². The second kappa shape index (κ2) is 5.14. The molecule has 0 heterocycles. The fraction of sp³-hybridized carbons (Fsp3) is 0.500. The molecule has 0 amide bonds. The molecule has 1 rings (SSSR count). The van der Waals surface area contributed by atoms with Gasteiger partial charge in [0.25, 0.3) is 0 Å². The van der Waals surface area contributed by atoms with Crippen molar-refractivity contribution in [1.82, 2.24) is 4.90 Å². The fourth-order valence-electron chi connectivity index (χ4n) is 1.32. The maximum absolute atomic E-state index is 8.79. The van der Waals surface area contributed by atoms with Crippen molar-refractivity contribution in [3.8, 4) is 0 Å². The van der Waals surface area contributed by atoms with Crippen LogP contribution in [0.5, 0.6) is 0 Å². The zero-order valence-corrected chi connectivity index (χ0v) is 10.7. The Hall–Kier alpha value is -1.06. The smallest absolute Gasteiger partial charge is 0.313 e. The summed E-state index contributed by atoms with van der Waals surface area (Å²) < 4.78 is 5.48. The zero-order valence-electron chi connectivity index (χ0n) is 9.07. The monoisotopic (exact) mass is 271 g/mol. The maximum Gasteiger partial charge on any atom is 0.313 e. The second-order valence-corrected chi connectivity index (χ2v) is 4.30. The Bertz CT molecular complexity index is 354. The number of likely N-dealkylation sites (N-methyl/N-ethyl adjacent to an activating group) is 1. The molecule has 0 aromatic heterocycles. The highest BCUT2D eigenvalue weighted by atomic mass is 79.9. The van der Waals surface area contributed by atoms with Crippen LogP contribution in [0.1, 0.15) is 6.92 Å². The number of nitrogens with zero attached hydrogens (tertiary/aromatic N) is 3. The molecule has 1 unspecified atom stereocenters. The van der Waals surface area contributed by atoms with Crippen LogP contribution < -0.4 is 0 Å². The molecule has 82 valence electrons. The van der Waals surface area contributed by atoms with Crippen LogP contribution in [0.25, 0.3) is 5.53 Å². The van der Waals surface area contributed by atoms with Gasteiger partial charge in [0, 0.05) is 14.1 Å². The summed E-state index contributed by atoms with van der Waals surface area (Å²) in [6.45, 7) is 2.51. The number of hydrogen-bond donors (Lipinski definition) is 0. The van der Waals surface area contributed by atoms with Crippen molar-refractivity contribution in [2.75, 3.05) is 20.7 Å². The summed E-state index contributed by atoms with van der Waals surface area (Å²) in [4.78, 5) is 5.09. The van der Waals surface area contributed by atoms with Crippen LogP contribution >= 0.6 is 15.9 Å². The average Bonchev–Trinajstić information content (AvgIpc) is 2.20. The maximum atomic E-state index is 8.79. The Morgan fingerprint density at radius 2 is 2.27 bits per heavy atom. The van der Waals surface area contributed by atoms with Gasteiger partial charge in [-0.15, -0.1) is 0 Å². The Morgan fingerprint density at radius 3 is 2.73 bits per heavy atom. The molecule has 0 spiro atoms. The van der Waals surface area contributed by atoms with Crippen LogP contribution in [0.4, 0.5) is 0 Å². The summed E-state index contributed by atoms with van der Waals surface area (Å²) in [7, 11) is 3.89. The van der Waals surface area contributed by atoms with Crippen LogP contribution in [0.15, 0.2) is 23.6 Å². The molecule has 15 heavy (non-hydrogen) atoms. The van der Waals surface area contributed by atoms with Crippen molar-refractivity contribution in [2.24, 2.45) is 0 Å². The molecule has 0 aromatic rings. The van der Waals surface area contributed by atoms with Gasteiger partial charge in [-0.1, -0.05) is 15.9 Å². The van der Waals surface area contributed by atoms with E-state index in [0.717, 1.165) is 11.5 Å². The Balaban J connectivity index is 3.06. The SMILES string of the molecule is CCOC1=CC(=[N+]=[N-])C(Br)C=C1N(C)C. The molecule has 0 N–H and O–H groups in total. The average molecular weight is 272 g/mol. The molecule has 0 radical (unpaired) electrons. The minimum atomic E-state index is -0.0795. The van der Waals surface area contributed by atoms with Gasteiger partial charge in [-0.25, -0.2) is 0 Å². The Morgan fingerprint density at radius 1 is 1.60 bits per heavy atom. The first kappa shape index (κ1) is 12.0. The van der Waals surface area contributed by atoms with Gasteiger partial charge in [0.05, 0.1) is 18.4 Å². The highest BCUT2D eigenvalue weighted by Gasteiger charge is 2.26. The number of ether oxygens (including phenoxy) is 1. The lowest BCUT2D eigenvalue weighted by Gasteiger charge is -2.22. The molecular formula is C10H14BrN3O. The molecule has 1 atom stereocenters. The van der Waals surface area contributed by atoms with E-state index in [0.29, 0.717) is 12.3 Å². The molecular weight excluding hydrogens is 258 g/mol. The lowest BCUT2D eigenvalue weighted by Crippen LogP contribution is -2.24. The molecule has 0 fully saturated rings. The minimum Gasteiger partial charge on any atom is -0.491 e. The topological polar surface area (TPSA) is 48.9 Å². The third-order valence-electron chi connectivity index (χ3n) is 2.02. The molecule has 5 heteroatoms. The number of alkyl halides is 1. The van der Waals surface area contributed by atoms with E-state index in [4.69, 9.17) is 10.3 Å². The number of rotatable bonds is 3. The van der Waals surface area contributed by atoms with Crippen LogP contribution in [-0.2, 0) is 4.74 Å². The molecule has 0 saturated heterocycles. The lowest BCUT2D eigenvalue weighted by atomic mass is 10.1. The number of halogens is 1. The van der Waals surface area contributed by atoms with E-state index in [9.17, 15) is 0 Å². The third-order valence-corrected chi connectivity index (χ3v) is 2.75.